The highest BCUT2D eigenvalue weighted by atomic mass is 35.5. The summed E-state index contributed by atoms with van der Waals surface area (Å²) in [6.07, 6.45) is 0. The zero-order valence-corrected chi connectivity index (χ0v) is 15.2. The standard InChI is InChI=1S/C16H18N6O3.ClH/c1-22-7-6-17-9-12(22)13-18-16(25-20-13)14-19-15(24-21-14)10-4-3-5-11(8-10)23-2;/h3-5,8,12,17H,6-7,9H2,1-2H3;1H. The Morgan fingerprint density at radius 1 is 1.19 bits per heavy atom. The fraction of sp³-hybridized carbons (Fsp3) is 0.375. The molecule has 1 atom stereocenters. The van der Waals surface area contributed by atoms with Crippen molar-refractivity contribution in [1.29, 1.82) is 0 Å². The summed E-state index contributed by atoms with van der Waals surface area (Å²) in [6.45, 7) is 2.65. The summed E-state index contributed by atoms with van der Waals surface area (Å²) in [6, 6.07) is 7.45. The van der Waals surface area contributed by atoms with E-state index in [1.165, 1.54) is 0 Å². The molecule has 2 aromatic heterocycles. The summed E-state index contributed by atoms with van der Waals surface area (Å²) in [5.74, 6) is 2.20. The zero-order chi connectivity index (χ0) is 17.2. The molecule has 3 heterocycles. The maximum Gasteiger partial charge on any atom is 0.299 e. The number of hydrogen-bond donors (Lipinski definition) is 1. The zero-order valence-electron chi connectivity index (χ0n) is 14.4. The monoisotopic (exact) mass is 378 g/mol. The van der Waals surface area contributed by atoms with E-state index in [-0.39, 0.29) is 30.2 Å². The Bertz CT molecular complexity index is 867. The van der Waals surface area contributed by atoms with E-state index in [0.717, 1.165) is 25.2 Å². The molecule has 1 saturated heterocycles. The minimum Gasteiger partial charge on any atom is -0.497 e. The highest BCUT2D eigenvalue weighted by Crippen LogP contribution is 2.25. The van der Waals surface area contributed by atoms with Gasteiger partial charge in [0.25, 0.3) is 17.6 Å². The van der Waals surface area contributed by atoms with Gasteiger partial charge < -0.3 is 19.1 Å². The van der Waals surface area contributed by atoms with E-state index < -0.39 is 0 Å². The predicted octanol–water partition coefficient (Wildman–Crippen LogP) is 1.79. The van der Waals surface area contributed by atoms with Gasteiger partial charge in [0.1, 0.15) is 5.75 Å². The number of hydrogen-bond acceptors (Lipinski definition) is 9. The molecule has 4 rings (SSSR count). The third kappa shape index (κ3) is 3.55. The second-order valence-electron chi connectivity index (χ2n) is 5.81. The molecule has 10 heteroatoms. The van der Waals surface area contributed by atoms with Gasteiger partial charge in [0.05, 0.1) is 13.2 Å². The van der Waals surface area contributed by atoms with E-state index >= 15 is 0 Å². The first-order valence-electron chi connectivity index (χ1n) is 7.97. The molecule has 0 aliphatic carbocycles. The van der Waals surface area contributed by atoms with Gasteiger partial charge in [0.2, 0.25) is 0 Å². The highest BCUT2D eigenvalue weighted by molar-refractivity contribution is 5.85. The molecule has 1 unspecified atom stereocenters. The fourth-order valence-corrected chi connectivity index (χ4v) is 2.74. The first kappa shape index (κ1) is 18.3. The number of methoxy groups -OCH3 is 1. The first-order valence-corrected chi connectivity index (χ1v) is 7.97. The van der Waals surface area contributed by atoms with Gasteiger partial charge in [-0.25, -0.2) is 0 Å². The molecule has 26 heavy (non-hydrogen) atoms. The van der Waals surface area contributed by atoms with Gasteiger partial charge in [-0.2, -0.15) is 9.97 Å². The Morgan fingerprint density at radius 3 is 2.85 bits per heavy atom. The molecule has 1 aromatic carbocycles. The van der Waals surface area contributed by atoms with Gasteiger partial charge in [0.15, 0.2) is 5.82 Å². The van der Waals surface area contributed by atoms with Crippen LogP contribution in [0.4, 0.5) is 0 Å². The smallest absolute Gasteiger partial charge is 0.299 e. The lowest BCUT2D eigenvalue weighted by molar-refractivity contribution is 0.190. The summed E-state index contributed by atoms with van der Waals surface area (Å²) in [5, 5.41) is 11.3. The molecule has 0 radical (unpaired) electrons. The Kier molecular flexibility index (Phi) is 5.50. The van der Waals surface area contributed by atoms with Crippen molar-refractivity contribution >= 4 is 12.4 Å². The van der Waals surface area contributed by atoms with Crippen molar-refractivity contribution in [3.05, 3.63) is 30.1 Å². The first-order chi connectivity index (χ1) is 12.2. The number of piperazine rings is 1. The summed E-state index contributed by atoms with van der Waals surface area (Å²) in [4.78, 5) is 11.0. The minimum absolute atomic E-state index is 0. The number of ether oxygens (including phenoxy) is 1. The van der Waals surface area contributed by atoms with Crippen molar-refractivity contribution in [3.63, 3.8) is 0 Å². The number of halogens is 1. The highest BCUT2D eigenvalue weighted by Gasteiger charge is 2.26. The average Bonchev–Trinajstić information content (AvgIpc) is 3.31. The molecule has 1 aliphatic rings. The van der Waals surface area contributed by atoms with Crippen LogP contribution in [0.3, 0.4) is 0 Å². The summed E-state index contributed by atoms with van der Waals surface area (Å²) in [7, 11) is 3.65. The molecular weight excluding hydrogens is 360 g/mol. The quantitative estimate of drug-likeness (QED) is 0.727. The Morgan fingerprint density at radius 2 is 2.04 bits per heavy atom. The number of aromatic nitrogens is 4. The van der Waals surface area contributed by atoms with E-state index in [4.69, 9.17) is 13.8 Å². The Hall–Kier alpha value is -2.49. The third-order valence-corrected chi connectivity index (χ3v) is 4.18. The van der Waals surface area contributed by atoms with Crippen molar-refractivity contribution in [2.45, 2.75) is 6.04 Å². The molecule has 0 amide bonds. The van der Waals surface area contributed by atoms with Crippen LogP contribution in [0.15, 0.2) is 33.3 Å². The summed E-state index contributed by atoms with van der Waals surface area (Å²) in [5.41, 5.74) is 0.758. The van der Waals surface area contributed by atoms with Crippen LogP contribution in [0.1, 0.15) is 11.9 Å². The van der Waals surface area contributed by atoms with E-state index in [1.807, 2.05) is 31.3 Å². The van der Waals surface area contributed by atoms with Gasteiger partial charge >= 0.3 is 0 Å². The van der Waals surface area contributed by atoms with Gasteiger partial charge in [-0.05, 0) is 25.2 Å². The molecule has 0 bridgehead atoms. The van der Waals surface area contributed by atoms with Crippen LogP contribution in [0.2, 0.25) is 0 Å². The van der Waals surface area contributed by atoms with Crippen molar-refractivity contribution in [1.82, 2.24) is 30.5 Å². The molecule has 1 aliphatic heterocycles. The van der Waals surface area contributed by atoms with Gasteiger partial charge in [-0.3, -0.25) is 4.90 Å². The molecular formula is C16H19ClN6O3. The number of benzene rings is 1. The Balaban J connectivity index is 0.00000196. The van der Waals surface area contributed by atoms with Crippen LogP contribution in [0.25, 0.3) is 23.2 Å². The van der Waals surface area contributed by atoms with E-state index in [1.54, 1.807) is 7.11 Å². The second kappa shape index (κ2) is 7.81. The van der Waals surface area contributed by atoms with E-state index in [9.17, 15) is 0 Å². The van der Waals surface area contributed by atoms with Gasteiger partial charge in [0, 0.05) is 25.2 Å². The molecule has 9 nitrogen and oxygen atoms in total. The van der Waals surface area contributed by atoms with Gasteiger partial charge in [-0.1, -0.05) is 16.4 Å². The molecule has 0 spiro atoms. The molecule has 1 N–H and O–H groups in total. The number of likely N-dealkylation sites (N-methyl/N-ethyl adjacent to an activating group) is 1. The van der Waals surface area contributed by atoms with E-state index in [2.05, 4.69) is 30.5 Å². The lowest BCUT2D eigenvalue weighted by atomic mass is 10.2. The van der Waals surface area contributed by atoms with Crippen LogP contribution in [-0.2, 0) is 0 Å². The van der Waals surface area contributed by atoms with Crippen molar-refractivity contribution in [2.24, 2.45) is 0 Å². The van der Waals surface area contributed by atoms with Crippen LogP contribution >= 0.6 is 12.4 Å². The lowest BCUT2D eigenvalue weighted by Crippen LogP contribution is -2.44. The summed E-state index contributed by atoms with van der Waals surface area (Å²) < 4.78 is 15.8. The molecule has 3 aromatic rings. The maximum atomic E-state index is 5.32. The number of rotatable bonds is 4. The molecule has 1 fully saturated rings. The van der Waals surface area contributed by atoms with Crippen LogP contribution in [-0.4, -0.2) is 59.0 Å². The van der Waals surface area contributed by atoms with Crippen LogP contribution in [0, 0.1) is 0 Å². The van der Waals surface area contributed by atoms with Crippen LogP contribution < -0.4 is 10.1 Å². The predicted molar refractivity (Wildman–Crippen MR) is 95.1 cm³/mol. The third-order valence-electron chi connectivity index (χ3n) is 4.18. The van der Waals surface area contributed by atoms with Crippen molar-refractivity contribution in [2.75, 3.05) is 33.8 Å². The second-order valence-corrected chi connectivity index (χ2v) is 5.81. The normalized spacial score (nSPS) is 17.7. The number of nitrogens with zero attached hydrogens (tertiary/aromatic N) is 5. The topological polar surface area (TPSA) is 102 Å². The van der Waals surface area contributed by atoms with Crippen molar-refractivity contribution in [3.8, 4) is 28.9 Å². The minimum atomic E-state index is 0. The average molecular weight is 379 g/mol. The van der Waals surface area contributed by atoms with E-state index in [0.29, 0.717) is 17.5 Å². The number of nitrogens with one attached hydrogen (secondary N) is 1. The summed E-state index contributed by atoms with van der Waals surface area (Å²) >= 11 is 0. The fourth-order valence-electron chi connectivity index (χ4n) is 2.74. The van der Waals surface area contributed by atoms with Crippen LogP contribution in [0.5, 0.6) is 5.75 Å². The lowest BCUT2D eigenvalue weighted by Gasteiger charge is -2.30. The Labute approximate surface area is 156 Å². The van der Waals surface area contributed by atoms with Crippen molar-refractivity contribution < 1.29 is 13.8 Å². The van der Waals surface area contributed by atoms with Gasteiger partial charge in [-0.15, -0.1) is 12.4 Å². The molecule has 138 valence electrons. The SMILES string of the molecule is COc1cccc(-c2nc(-c3nc(C4CNCCN4C)no3)no2)c1.Cl. The maximum absolute atomic E-state index is 5.32. The largest absolute Gasteiger partial charge is 0.497 e. The molecule has 0 saturated carbocycles.